The maximum Gasteiger partial charge on any atom is 0.337 e. The topological polar surface area (TPSA) is 78.4 Å². The molecule has 4 rings (SSSR count). The van der Waals surface area contributed by atoms with Crippen LogP contribution in [0.2, 0.25) is 0 Å². The maximum absolute atomic E-state index is 11.3. The summed E-state index contributed by atoms with van der Waals surface area (Å²) >= 11 is 0. The number of carboxylic acids is 1. The summed E-state index contributed by atoms with van der Waals surface area (Å²) in [5, 5.41) is 12.2. The molecule has 1 unspecified atom stereocenters. The van der Waals surface area contributed by atoms with Crippen molar-refractivity contribution in [1.29, 1.82) is 0 Å². The molecule has 1 aromatic carbocycles. The number of pyridine rings is 2. The second-order valence-corrected chi connectivity index (χ2v) is 7.20. The van der Waals surface area contributed by atoms with Crippen LogP contribution in [0.4, 0.5) is 17.2 Å². The molecule has 0 aliphatic heterocycles. The summed E-state index contributed by atoms with van der Waals surface area (Å²) in [7, 11) is 2.02. The number of carbonyl (C=O) groups is 1. The standard InChI is InChI=1S/C24H22N4O2/c1-28(23-7-2-3-12-27-23)19-8-9-20-17(5-4-6-18(20)15-19)10-14-26-22-16-25-13-11-21(22)24(29)30/h2-3,7-9,11-13,15-17,26H,4-6H2,1H3,(H,29,30). The summed E-state index contributed by atoms with van der Waals surface area (Å²) in [6.45, 7) is 0. The molecule has 30 heavy (non-hydrogen) atoms. The van der Waals surface area contributed by atoms with Gasteiger partial charge >= 0.3 is 5.97 Å². The number of nitrogens with zero attached hydrogens (tertiary/aromatic N) is 3. The summed E-state index contributed by atoms with van der Waals surface area (Å²) in [6.07, 6.45) is 7.80. The van der Waals surface area contributed by atoms with Crippen molar-refractivity contribution >= 4 is 23.2 Å². The quantitative estimate of drug-likeness (QED) is 0.500. The fourth-order valence-corrected chi connectivity index (χ4v) is 3.71. The molecule has 1 atom stereocenters. The van der Waals surface area contributed by atoms with E-state index in [4.69, 9.17) is 0 Å². The SMILES string of the molecule is CN(c1ccc2c(c1)CCCC2C#CNc1cnccc1C(=O)O)c1ccccn1. The van der Waals surface area contributed by atoms with Crippen molar-refractivity contribution in [1.82, 2.24) is 9.97 Å². The Morgan fingerprint density at radius 1 is 1.23 bits per heavy atom. The van der Waals surface area contributed by atoms with E-state index >= 15 is 0 Å². The number of hydrogen-bond acceptors (Lipinski definition) is 5. The molecular weight excluding hydrogens is 376 g/mol. The molecule has 0 fully saturated rings. The third-order valence-electron chi connectivity index (χ3n) is 5.32. The molecule has 0 amide bonds. The lowest BCUT2D eigenvalue weighted by Crippen LogP contribution is -2.14. The van der Waals surface area contributed by atoms with Crippen LogP contribution in [-0.2, 0) is 6.42 Å². The second-order valence-electron chi connectivity index (χ2n) is 7.20. The number of nitrogens with one attached hydrogen (secondary N) is 1. The first-order valence-electron chi connectivity index (χ1n) is 9.85. The Kier molecular flexibility index (Phi) is 5.62. The van der Waals surface area contributed by atoms with Crippen molar-refractivity contribution in [2.75, 3.05) is 17.3 Å². The van der Waals surface area contributed by atoms with E-state index in [1.807, 2.05) is 25.2 Å². The number of benzene rings is 1. The first-order valence-corrected chi connectivity index (χ1v) is 9.85. The lowest BCUT2D eigenvalue weighted by atomic mass is 9.83. The molecule has 1 aliphatic carbocycles. The van der Waals surface area contributed by atoms with Crippen LogP contribution in [0.25, 0.3) is 0 Å². The van der Waals surface area contributed by atoms with E-state index in [0.29, 0.717) is 5.69 Å². The summed E-state index contributed by atoms with van der Waals surface area (Å²) in [6, 6.07) is 16.8. The molecule has 2 heterocycles. The molecular formula is C24H22N4O2. The van der Waals surface area contributed by atoms with E-state index in [1.54, 1.807) is 6.20 Å². The van der Waals surface area contributed by atoms with E-state index in [2.05, 4.69) is 50.3 Å². The van der Waals surface area contributed by atoms with Crippen molar-refractivity contribution < 1.29 is 9.90 Å². The number of carboxylic acid groups (broad SMARTS) is 1. The van der Waals surface area contributed by atoms with Gasteiger partial charge in [-0.3, -0.25) is 4.98 Å². The van der Waals surface area contributed by atoms with Gasteiger partial charge in [0.05, 0.1) is 17.4 Å². The van der Waals surface area contributed by atoms with E-state index in [-0.39, 0.29) is 11.5 Å². The van der Waals surface area contributed by atoms with Crippen LogP contribution in [0.5, 0.6) is 0 Å². The summed E-state index contributed by atoms with van der Waals surface area (Å²) < 4.78 is 0. The summed E-state index contributed by atoms with van der Waals surface area (Å²) in [4.78, 5) is 21.8. The zero-order valence-electron chi connectivity index (χ0n) is 16.7. The molecule has 0 radical (unpaired) electrons. The average molecular weight is 398 g/mol. The predicted octanol–water partition coefficient (Wildman–Crippen LogP) is 4.44. The molecule has 150 valence electrons. The molecule has 0 saturated heterocycles. The normalized spacial score (nSPS) is 14.8. The van der Waals surface area contributed by atoms with Crippen molar-refractivity contribution in [3.63, 3.8) is 0 Å². The van der Waals surface area contributed by atoms with Crippen molar-refractivity contribution in [2.24, 2.45) is 0 Å². The Labute approximate surface area is 175 Å². The van der Waals surface area contributed by atoms with Gasteiger partial charge in [-0.2, -0.15) is 0 Å². The van der Waals surface area contributed by atoms with Crippen molar-refractivity contribution in [3.05, 3.63) is 77.7 Å². The average Bonchev–Trinajstić information content (AvgIpc) is 2.79. The van der Waals surface area contributed by atoms with Crippen LogP contribution in [0.1, 0.15) is 40.2 Å². The highest BCUT2D eigenvalue weighted by atomic mass is 16.4. The van der Waals surface area contributed by atoms with Gasteiger partial charge in [-0.1, -0.05) is 18.1 Å². The highest BCUT2D eigenvalue weighted by Gasteiger charge is 2.20. The van der Waals surface area contributed by atoms with E-state index < -0.39 is 5.97 Å². The number of aromatic nitrogens is 2. The first kappa shape index (κ1) is 19.5. The predicted molar refractivity (Wildman–Crippen MR) is 117 cm³/mol. The first-order chi connectivity index (χ1) is 14.6. The lowest BCUT2D eigenvalue weighted by molar-refractivity contribution is 0.0698. The third-order valence-corrected chi connectivity index (χ3v) is 5.32. The summed E-state index contributed by atoms with van der Waals surface area (Å²) in [5.41, 5.74) is 4.19. The minimum Gasteiger partial charge on any atom is -0.478 e. The Balaban J connectivity index is 1.54. The highest BCUT2D eigenvalue weighted by Crippen LogP contribution is 2.34. The minimum absolute atomic E-state index is 0.111. The molecule has 2 aromatic heterocycles. The zero-order chi connectivity index (χ0) is 20.9. The maximum atomic E-state index is 11.3. The highest BCUT2D eigenvalue weighted by molar-refractivity contribution is 5.94. The number of rotatable bonds is 4. The fraction of sp³-hybridized carbons (Fsp3) is 0.208. The van der Waals surface area contributed by atoms with Gasteiger partial charge in [-0.25, -0.2) is 9.78 Å². The van der Waals surface area contributed by atoms with E-state index in [0.717, 1.165) is 30.8 Å². The minimum atomic E-state index is -1.01. The molecule has 0 saturated carbocycles. The number of aryl methyl sites for hydroxylation is 1. The van der Waals surface area contributed by atoms with Gasteiger partial charge in [0.25, 0.3) is 0 Å². The largest absolute Gasteiger partial charge is 0.478 e. The van der Waals surface area contributed by atoms with Crippen LogP contribution in [0.15, 0.2) is 61.1 Å². The third kappa shape index (κ3) is 4.11. The van der Waals surface area contributed by atoms with Gasteiger partial charge in [-0.15, -0.1) is 0 Å². The molecule has 2 N–H and O–H groups in total. The molecule has 0 bridgehead atoms. The molecule has 6 heteroatoms. The Hall–Kier alpha value is -3.85. The monoisotopic (exact) mass is 398 g/mol. The molecule has 0 spiro atoms. The van der Waals surface area contributed by atoms with Crippen LogP contribution in [-0.4, -0.2) is 28.1 Å². The van der Waals surface area contributed by atoms with Crippen LogP contribution < -0.4 is 10.2 Å². The molecule has 3 aromatic rings. The van der Waals surface area contributed by atoms with Crippen LogP contribution >= 0.6 is 0 Å². The number of fused-ring (bicyclic) bond motifs is 1. The Morgan fingerprint density at radius 2 is 2.13 bits per heavy atom. The van der Waals surface area contributed by atoms with Crippen LogP contribution in [0.3, 0.4) is 0 Å². The van der Waals surface area contributed by atoms with Crippen molar-refractivity contribution in [3.8, 4) is 12.0 Å². The van der Waals surface area contributed by atoms with Gasteiger partial charge in [0.15, 0.2) is 0 Å². The van der Waals surface area contributed by atoms with Gasteiger partial charge in [0.1, 0.15) is 5.82 Å². The lowest BCUT2D eigenvalue weighted by Gasteiger charge is -2.25. The Bertz CT molecular complexity index is 1120. The van der Waals surface area contributed by atoms with E-state index in [1.165, 1.54) is 29.6 Å². The van der Waals surface area contributed by atoms with Crippen LogP contribution in [0, 0.1) is 12.0 Å². The number of aromatic carboxylic acids is 1. The van der Waals surface area contributed by atoms with Gasteiger partial charge in [0.2, 0.25) is 0 Å². The number of hydrogen-bond donors (Lipinski definition) is 2. The van der Waals surface area contributed by atoms with Crippen molar-refractivity contribution in [2.45, 2.75) is 25.2 Å². The van der Waals surface area contributed by atoms with Gasteiger partial charge < -0.3 is 15.3 Å². The van der Waals surface area contributed by atoms with Gasteiger partial charge in [-0.05, 0) is 60.7 Å². The van der Waals surface area contributed by atoms with E-state index in [9.17, 15) is 9.90 Å². The molecule has 1 aliphatic rings. The molecule has 6 nitrogen and oxygen atoms in total. The van der Waals surface area contributed by atoms with Gasteiger partial charge in [0, 0.05) is 37.1 Å². The smallest absolute Gasteiger partial charge is 0.337 e. The Morgan fingerprint density at radius 3 is 2.93 bits per heavy atom. The number of anilines is 3. The summed E-state index contributed by atoms with van der Waals surface area (Å²) in [5.74, 6) is 3.27. The second kappa shape index (κ2) is 8.66. The fourth-order valence-electron chi connectivity index (χ4n) is 3.71. The zero-order valence-corrected chi connectivity index (χ0v) is 16.7.